The van der Waals surface area contributed by atoms with E-state index in [-0.39, 0.29) is 5.56 Å². The van der Waals surface area contributed by atoms with Crippen molar-refractivity contribution in [1.82, 2.24) is 4.98 Å². The predicted molar refractivity (Wildman–Crippen MR) is 82.5 cm³/mol. The Balaban J connectivity index is 2.65. The second kappa shape index (κ2) is 4.37. The molecule has 1 N–H and O–H groups in total. The van der Waals surface area contributed by atoms with Crippen molar-refractivity contribution < 1.29 is 0 Å². The van der Waals surface area contributed by atoms with Gasteiger partial charge in [-0.2, -0.15) is 0 Å². The number of rotatable bonds is 0. The lowest BCUT2D eigenvalue weighted by molar-refractivity contribution is 1.34. The van der Waals surface area contributed by atoms with Gasteiger partial charge in [0.1, 0.15) is 0 Å². The van der Waals surface area contributed by atoms with Gasteiger partial charge in [0.25, 0.3) is 5.56 Å². The molecule has 0 amide bonds. The van der Waals surface area contributed by atoms with Crippen molar-refractivity contribution in [2.24, 2.45) is 0 Å². The largest absolute Gasteiger partial charge is 0.321 e. The van der Waals surface area contributed by atoms with Crippen LogP contribution >= 0.6 is 43.5 Å². The van der Waals surface area contributed by atoms with Gasteiger partial charge in [-0.3, -0.25) is 4.79 Å². The molecule has 1 heterocycles. The molecule has 18 heavy (non-hydrogen) atoms. The molecule has 0 fully saturated rings. The highest BCUT2D eigenvalue weighted by atomic mass is 79.9. The number of H-pyrrole nitrogens is 1. The first-order chi connectivity index (χ1) is 8.56. The van der Waals surface area contributed by atoms with E-state index in [9.17, 15) is 4.79 Å². The Hall–Kier alpha value is -0.840. The van der Waals surface area contributed by atoms with Gasteiger partial charge in [-0.05, 0) is 29.7 Å². The summed E-state index contributed by atoms with van der Waals surface area (Å²) in [6.45, 7) is 0. The van der Waals surface area contributed by atoms with Crippen LogP contribution in [0.15, 0.2) is 44.1 Å². The number of fused-ring (bicyclic) bond motifs is 3. The fourth-order valence-electron chi connectivity index (χ4n) is 2.06. The standard InChI is InChI=1S/C13H6Br2ClNO/c14-6-1-2-8-9(3-6)13(18)17-11-5-7(15)4-10(16)12(8)11/h1-5H,(H,17,18). The number of halogens is 3. The van der Waals surface area contributed by atoms with Gasteiger partial charge >= 0.3 is 0 Å². The molecular weight excluding hydrogens is 381 g/mol. The van der Waals surface area contributed by atoms with E-state index in [1.165, 1.54) is 0 Å². The van der Waals surface area contributed by atoms with E-state index in [1.54, 1.807) is 6.07 Å². The van der Waals surface area contributed by atoms with Gasteiger partial charge in [0.2, 0.25) is 0 Å². The molecule has 90 valence electrons. The quantitative estimate of drug-likeness (QED) is 0.549. The van der Waals surface area contributed by atoms with Crippen LogP contribution < -0.4 is 5.56 Å². The lowest BCUT2D eigenvalue weighted by Gasteiger charge is -2.06. The van der Waals surface area contributed by atoms with Gasteiger partial charge in [0, 0.05) is 19.7 Å². The fourth-order valence-corrected chi connectivity index (χ4v) is 3.33. The average Bonchev–Trinajstić information content (AvgIpc) is 2.29. The Morgan fingerprint density at radius 3 is 2.56 bits per heavy atom. The van der Waals surface area contributed by atoms with Gasteiger partial charge in [0.05, 0.1) is 10.5 Å². The second-order valence-corrected chi connectivity index (χ2v) is 6.19. The summed E-state index contributed by atoms with van der Waals surface area (Å²) in [6, 6.07) is 9.27. The first kappa shape index (κ1) is 12.2. The Kier molecular flexibility index (Phi) is 2.96. The molecule has 2 aromatic carbocycles. The maximum absolute atomic E-state index is 12.0. The molecule has 0 aliphatic heterocycles. The van der Waals surface area contributed by atoms with Crippen molar-refractivity contribution >= 4 is 65.1 Å². The molecule has 0 saturated heterocycles. The molecular formula is C13H6Br2ClNO. The van der Waals surface area contributed by atoms with Crippen molar-refractivity contribution in [2.75, 3.05) is 0 Å². The van der Waals surface area contributed by atoms with Crippen LogP contribution in [0.4, 0.5) is 0 Å². The summed E-state index contributed by atoms with van der Waals surface area (Å²) in [6.07, 6.45) is 0. The van der Waals surface area contributed by atoms with E-state index >= 15 is 0 Å². The van der Waals surface area contributed by atoms with Crippen LogP contribution in [-0.4, -0.2) is 4.98 Å². The summed E-state index contributed by atoms with van der Waals surface area (Å²) in [4.78, 5) is 14.9. The van der Waals surface area contributed by atoms with Crippen LogP contribution in [0.25, 0.3) is 21.7 Å². The molecule has 0 radical (unpaired) electrons. The second-order valence-electron chi connectivity index (χ2n) is 3.95. The number of hydrogen-bond donors (Lipinski definition) is 1. The normalized spacial score (nSPS) is 11.3. The number of aromatic amines is 1. The molecule has 0 aliphatic carbocycles. The van der Waals surface area contributed by atoms with Crippen molar-refractivity contribution in [1.29, 1.82) is 0 Å². The fraction of sp³-hybridized carbons (Fsp3) is 0. The van der Waals surface area contributed by atoms with E-state index < -0.39 is 0 Å². The van der Waals surface area contributed by atoms with Crippen LogP contribution in [-0.2, 0) is 0 Å². The van der Waals surface area contributed by atoms with Crippen LogP contribution in [0.2, 0.25) is 5.02 Å². The molecule has 0 aliphatic rings. The molecule has 0 saturated carbocycles. The van der Waals surface area contributed by atoms with Crippen LogP contribution in [0.5, 0.6) is 0 Å². The molecule has 0 bridgehead atoms. The highest BCUT2D eigenvalue weighted by molar-refractivity contribution is 9.10. The topological polar surface area (TPSA) is 32.9 Å². The maximum atomic E-state index is 12.0. The van der Waals surface area contributed by atoms with E-state index in [0.717, 1.165) is 25.2 Å². The highest BCUT2D eigenvalue weighted by Gasteiger charge is 2.09. The third-order valence-corrected chi connectivity index (χ3v) is 4.05. The molecule has 0 atom stereocenters. The minimum absolute atomic E-state index is 0.118. The average molecular weight is 387 g/mol. The summed E-state index contributed by atoms with van der Waals surface area (Å²) < 4.78 is 1.71. The third-order valence-electron chi connectivity index (χ3n) is 2.80. The van der Waals surface area contributed by atoms with Gasteiger partial charge in [0.15, 0.2) is 0 Å². The number of aromatic nitrogens is 1. The first-order valence-electron chi connectivity index (χ1n) is 5.16. The molecule has 0 unspecified atom stereocenters. The van der Waals surface area contributed by atoms with Gasteiger partial charge in [-0.15, -0.1) is 0 Å². The van der Waals surface area contributed by atoms with E-state index in [2.05, 4.69) is 36.8 Å². The summed E-state index contributed by atoms with van der Waals surface area (Å²) in [5.74, 6) is 0. The minimum Gasteiger partial charge on any atom is -0.321 e. The van der Waals surface area contributed by atoms with Gasteiger partial charge in [-0.25, -0.2) is 0 Å². The lowest BCUT2D eigenvalue weighted by Crippen LogP contribution is -2.06. The van der Waals surface area contributed by atoms with Crippen molar-refractivity contribution in [3.05, 3.63) is 54.7 Å². The van der Waals surface area contributed by atoms with Crippen molar-refractivity contribution in [3.63, 3.8) is 0 Å². The molecule has 3 rings (SSSR count). The van der Waals surface area contributed by atoms with Crippen LogP contribution in [0, 0.1) is 0 Å². The van der Waals surface area contributed by atoms with Crippen molar-refractivity contribution in [2.45, 2.75) is 0 Å². The highest BCUT2D eigenvalue weighted by Crippen LogP contribution is 2.32. The van der Waals surface area contributed by atoms with Gasteiger partial charge in [-0.1, -0.05) is 49.5 Å². The molecule has 3 aromatic rings. The number of benzene rings is 2. The lowest BCUT2D eigenvalue weighted by atomic mass is 10.1. The minimum atomic E-state index is -0.118. The number of hydrogen-bond acceptors (Lipinski definition) is 1. The zero-order valence-corrected chi connectivity index (χ0v) is 12.9. The zero-order chi connectivity index (χ0) is 12.9. The SMILES string of the molecule is O=c1[nH]c2cc(Br)cc(Cl)c2c2ccc(Br)cc12. The van der Waals surface area contributed by atoms with Crippen LogP contribution in [0.1, 0.15) is 0 Å². The Morgan fingerprint density at radius 1 is 1.00 bits per heavy atom. The van der Waals surface area contributed by atoms with E-state index in [4.69, 9.17) is 11.6 Å². The number of nitrogens with one attached hydrogen (secondary N) is 1. The van der Waals surface area contributed by atoms with Crippen LogP contribution in [0.3, 0.4) is 0 Å². The van der Waals surface area contributed by atoms with E-state index in [0.29, 0.717) is 10.4 Å². The van der Waals surface area contributed by atoms with E-state index in [1.807, 2.05) is 24.3 Å². The van der Waals surface area contributed by atoms with Gasteiger partial charge < -0.3 is 4.98 Å². The Bertz CT molecular complexity index is 842. The molecule has 0 spiro atoms. The maximum Gasteiger partial charge on any atom is 0.256 e. The smallest absolute Gasteiger partial charge is 0.256 e. The molecule has 2 nitrogen and oxygen atoms in total. The third kappa shape index (κ3) is 1.88. The predicted octanol–water partition coefficient (Wildman–Crippen LogP) is 4.86. The molecule has 5 heteroatoms. The Labute approximate surface area is 124 Å². The summed E-state index contributed by atoms with van der Waals surface area (Å²) in [5, 5.41) is 2.96. The molecule has 1 aromatic heterocycles. The summed E-state index contributed by atoms with van der Waals surface area (Å²) >= 11 is 13.0. The summed E-state index contributed by atoms with van der Waals surface area (Å²) in [5.41, 5.74) is 0.613. The summed E-state index contributed by atoms with van der Waals surface area (Å²) in [7, 11) is 0. The Morgan fingerprint density at radius 2 is 1.78 bits per heavy atom. The zero-order valence-electron chi connectivity index (χ0n) is 8.93. The van der Waals surface area contributed by atoms with Crippen molar-refractivity contribution in [3.8, 4) is 0 Å². The first-order valence-corrected chi connectivity index (χ1v) is 7.13. The number of pyridine rings is 1. The monoisotopic (exact) mass is 385 g/mol.